The fraction of sp³-hybridized carbons (Fsp3) is 0.481. The average Bonchev–Trinajstić information content (AvgIpc) is 3.36. The quantitative estimate of drug-likeness (QED) is 0.598. The Labute approximate surface area is 212 Å². The van der Waals surface area contributed by atoms with Gasteiger partial charge in [-0.15, -0.1) is 0 Å². The lowest BCUT2D eigenvalue weighted by Crippen LogP contribution is -2.68. The van der Waals surface area contributed by atoms with E-state index < -0.39 is 5.66 Å². The Morgan fingerprint density at radius 3 is 2.83 bits per heavy atom. The van der Waals surface area contributed by atoms with Crippen molar-refractivity contribution >= 4 is 23.8 Å². The number of carbonyl (C=O) groups excluding carboxylic acids is 1. The molecule has 0 aliphatic carbocycles. The minimum absolute atomic E-state index is 0.00151. The zero-order valence-corrected chi connectivity index (χ0v) is 21.3. The lowest BCUT2D eigenvalue weighted by Gasteiger charge is -2.52. The van der Waals surface area contributed by atoms with Gasteiger partial charge in [-0.05, 0) is 63.5 Å². The number of aromatic nitrogens is 2. The van der Waals surface area contributed by atoms with Crippen molar-refractivity contribution in [1.82, 2.24) is 25.5 Å². The number of nitrogens with one attached hydrogen (secondary N) is 2. The highest BCUT2D eigenvalue weighted by Crippen LogP contribution is 2.39. The molecule has 190 valence electrons. The van der Waals surface area contributed by atoms with E-state index in [1.807, 2.05) is 50.8 Å². The van der Waals surface area contributed by atoms with E-state index in [4.69, 9.17) is 14.7 Å². The van der Waals surface area contributed by atoms with Crippen molar-refractivity contribution in [1.29, 1.82) is 0 Å². The highest BCUT2D eigenvalue weighted by Gasteiger charge is 2.50. The second-order valence-electron chi connectivity index (χ2n) is 9.66. The third kappa shape index (κ3) is 4.49. The van der Waals surface area contributed by atoms with Crippen LogP contribution in [0.15, 0.2) is 47.9 Å². The molecule has 3 atom stereocenters. The molecule has 3 unspecified atom stereocenters. The molecule has 2 aromatic heterocycles. The summed E-state index contributed by atoms with van der Waals surface area (Å²) < 4.78 is 5.19. The number of esters is 1. The number of aliphatic imine (C=N–C) groups is 1. The molecule has 0 spiro atoms. The van der Waals surface area contributed by atoms with Crippen LogP contribution in [0.5, 0.6) is 0 Å². The van der Waals surface area contributed by atoms with Crippen molar-refractivity contribution < 1.29 is 9.53 Å². The van der Waals surface area contributed by atoms with Crippen molar-refractivity contribution in [3.05, 3.63) is 59.6 Å². The topological polar surface area (TPSA) is 95.0 Å². The molecular formula is C27H35N7O2. The van der Waals surface area contributed by atoms with Gasteiger partial charge in [-0.1, -0.05) is 0 Å². The molecule has 5 rings (SSSR count). The summed E-state index contributed by atoms with van der Waals surface area (Å²) in [7, 11) is 0. The molecule has 36 heavy (non-hydrogen) atoms. The summed E-state index contributed by atoms with van der Waals surface area (Å²) in [6.45, 7) is 9.86. The standard InChI is InChI=1S/C27H35N7O2/c1-4-36-26(35)22-14-19(2)25(30-16-22)33-13-11-29-17-24(33)27(34-12-5-6-20(34)3)15-23(31-18-32-27)21-7-9-28-10-8-21/h7-10,14-16,18,20,24,29H,4-6,11-13,17H2,1-3H3,(H,31,32). The molecule has 3 aliphatic heterocycles. The monoisotopic (exact) mass is 489 g/mol. The van der Waals surface area contributed by atoms with E-state index in [9.17, 15) is 4.79 Å². The highest BCUT2D eigenvalue weighted by molar-refractivity contribution is 5.89. The van der Waals surface area contributed by atoms with Gasteiger partial charge in [0.15, 0.2) is 5.66 Å². The van der Waals surface area contributed by atoms with Crippen LogP contribution in [0.3, 0.4) is 0 Å². The maximum absolute atomic E-state index is 12.3. The summed E-state index contributed by atoms with van der Waals surface area (Å²) in [6, 6.07) is 6.33. The van der Waals surface area contributed by atoms with Crippen LogP contribution in [0, 0.1) is 6.92 Å². The lowest BCUT2D eigenvalue weighted by atomic mass is 9.90. The van der Waals surface area contributed by atoms with Crippen LogP contribution >= 0.6 is 0 Å². The summed E-state index contributed by atoms with van der Waals surface area (Å²) >= 11 is 0. The number of hydrogen-bond acceptors (Lipinski definition) is 9. The zero-order valence-electron chi connectivity index (χ0n) is 21.3. The Morgan fingerprint density at radius 1 is 1.28 bits per heavy atom. The summed E-state index contributed by atoms with van der Waals surface area (Å²) in [5, 5.41) is 6.99. The molecule has 0 amide bonds. The van der Waals surface area contributed by atoms with E-state index in [2.05, 4.69) is 38.4 Å². The predicted octanol–water partition coefficient (Wildman–Crippen LogP) is 2.59. The summed E-state index contributed by atoms with van der Waals surface area (Å²) in [5.41, 5.74) is 2.96. The van der Waals surface area contributed by atoms with Gasteiger partial charge in [0.2, 0.25) is 0 Å². The van der Waals surface area contributed by atoms with E-state index in [1.165, 1.54) is 0 Å². The Balaban J connectivity index is 1.58. The first kappa shape index (κ1) is 24.4. The molecule has 0 aromatic carbocycles. The molecular weight excluding hydrogens is 454 g/mol. The van der Waals surface area contributed by atoms with Crippen LogP contribution in [-0.4, -0.2) is 77.7 Å². The van der Waals surface area contributed by atoms with Crippen molar-refractivity contribution in [2.45, 2.75) is 51.4 Å². The van der Waals surface area contributed by atoms with E-state index in [1.54, 1.807) is 6.20 Å². The SMILES string of the molecule is CCOC(=O)c1cnc(N2CCNCC2C2(N3CCCC3C)C=C(c3ccncc3)NC=N2)c(C)c1. The molecule has 2 saturated heterocycles. The number of likely N-dealkylation sites (tertiary alicyclic amines) is 1. The first-order valence-corrected chi connectivity index (χ1v) is 12.8. The first-order valence-electron chi connectivity index (χ1n) is 12.8. The largest absolute Gasteiger partial charge is 0.462 e. The molecule has 2 aromatic rings. The number of hydrogen-bond donors (Lipinski definition) is 2. The fourth-order valence-corrected chi connectivity index (χ4v) is 5.72. The van der Waals surface area contributed by atoms with Gasteiger partial charge >= 0.3 is 5.97 Å². The summed E-state index contributed by atoms with van der Waals surface area (Å²) in [5.74, 6) is 0.542. The maximum Gasteiger partial charge on any atom is 0.339 e. The molecule has 0 bridgehead atoms. The number of carbonyl (C=O) groups is 1. The number of anilines is 1. The van der Waals surface area contributed by atoms with Gasteiger partial charge in [0.05, 0.1) is 24.6 Å². The predicted molar refractivity (Wildman–Crippen MR) is 141 cm³/mol. The minimum Gasteiger partial charge on any atom is -0.462 e. The molecule has 2 N–H and O–H groups in total. The van der Waals surface area contributed by atoms with Gasteiger partial charge in [-0.25, -0.2) is 14.8 Å². The second kappa shape index (κ2) is 10.4. The maximum atomic E-state index is 12.3. The van der Waals surface area contributed by atoms with Crippen LogP contribution in [0.25, 0.3) is 5.70 Å². The van der Waals surface area contributed by atoms with Gasteiger partial charge in [0.25, 0.3) is 0 Å². The molecule has 9 heteroatoms. The number of ether oxygens (including phenoxy) is 1. The molecule has 0 radical (unpaired) electrons. The number of rotatable bonds is 6. The van der Waals surface area contributed by atoms with Crippen molar-refractivity contribution in [3.8, 4) is 0 Å². The number of pyridine rings is 2. The zero-order chi connectivity index (χ0) is 25.1. The van der Waals surface area contributed by atoms with Gasteiger partial charge in [0.1, 0.15) is 5.82 Å². The fourth-order valence-electron chi connectivity index (χ4n) is 5.72. The number of nitrogens with zero attached hydrogens (tertiary/aromatic N) is 5. The first-order chi connectivity index (χ1) is 17.5. The Bertz CT molecular complexity index is 1150. The summed E-state index contributed by atoms with van der Waals surface area (Å²) in [4.78, 5) is 31.4. The van der Waals surface area contributed by atoms with Crippen LogP contribution < -0.4 is 15.5 Å². The van der Waals surface area contributed by atoms with E-state index in [-0.39, 0.29) is 12.0 Å². The lowest BCUT2D eigenvalue weighted by molar-refractivity contribution is 0.0525. The Morgan fingerprint density at radius 2 is 2.11 bits per heavy atom. The normalized spacial score (nSPS) is 26.4. The van der Waals surface area contributed by atoms with Crippen LogP contribution in [0.4, 0.5) is 5.82 Å². The van der Waals surface area contributed by atoms with Crippen LogP contribution in [-0.2, 0) is 4.74 Å². The van der Waals surface area contributed by atoms with Crippen molar-refractivity contribution in [2.24, 2.45) is 4.99 Å². The van der Waals surface area contributed by atoms with Gasteiger partial charge < -0.3 is 20.3 Å². The van der Waals surface area contributed by atoms with Crippen LogP contribution in [0.1, 0.15) is 48.2 Å². The van der Waals surface area contributed by atoms with E-state index >= 15 is 0 Å². The molecule has 2 fully saturated rings. The van der Waals surface area contributed by atoms with Gasteiger partial charge in [0, 0.05) is 62.1 Å². The Kier molecular flexibility index (Phi) is 7.02. The third-order valence-corrected chi connectivity index (χ3v) is 7.42. The van der Waals surface area contributed by atoms with Crippen molar-refractivity contribution in [2.75, 3.05) is 37.7 Å². The third-order valence-electron chi connectivity index (χ3n) is 7.42. The molecule has 5 heterocycles. The molecule has 0 saturated carbocycles. The van der Waals surface area contributed by atoms with E-state index in [0.29, 0.717) is 18.2 Å². The average molecular weight is 490 g/mol. The second-order valence-corrected chi connectivity index (χ2v) is 9.66. The van der Waals surface area contributed by atoms with Gasteiger partial charge in [-0.3, -0.25) is 9.88 Å². The van der Waals surface area contributed by atoms with Crippen LogP contribution in [0.2, 0.25) is 0 Å². The van der Waals surface area contributed by atoms with Crippen molar-refractivity contribution in [3.63, 3.8) is 0 Å². The highest BCUT2D eigenvalue weighted by atomic mass is 16.5. The number of aryl methyl sites for hydroxylation is 1. The smallest absolute Gasteiger partial charge is 0.339 e. The molecule has 9 nitrogen and oxygen atoms in total. The minimum atomic E-state index is -0.582. The Hall–Kier alpha value is -3.30. The molecule has 3 aliphatic rings. The summed E-state index contributed by atoms with van der Waals surface area (Å²) in [6.07, 6.45) is 11.7. The van der Waals surface area contributed by atoms with Gasteiger partial charge in [-0.2, -0.15) is 0 Å². The number of piperazine rings is 1. The van der Waals surface area contributed by atoms with E-state index in [0.717, 1.165) is 61.7 Å².